The van der Waals surface area contributed by atoms with Crippen LogP contribution in [0.15, 0.2) is 23.7 Å². The maximum absolute atomic E-state index is 12.5. The normalized spacial score (nSPS) is 19.2. The molecule has 1 amide bonds. The molecule has 1 N–H and O–H groups in total. The minimum absolute atomic E-state index is 0.0316. The summed E-state index contributed by atoms with van der Waals surface area (Å²) in [6.45, 7) is 0.679. The Kier molecular flexibility index (Phi) is 3.37. The first-order valence-corrected chi connectivity index (χ1v) is 6.99. The monoisotopic (exact) mass is 292 g/mol. The number of fused-ring (bicyclic) bond motifs is 1. The summed E-state index contributed by atoms with van der Waals surface area (Å²) in [5, 5.41) is 9.16. The third-order valence-corrected chi connectivity index (χ3v) is 4.04. The van der Waals surface area contributed by atoms with Crippen LogP contribution in [0.2, 0.25) is 0 Å². The molecule has 0 bridgehead atoms. The lowest BCUT2D eigenvalue weighted by atomic mass is 10.1. The number of amides is 1. The summed E-state index contributed by atoms with van der Waals surface area (Å²) in [5.41, 5.74) is 3.03. The van der Waals surface area contributed by atoms with Crippen LogP contribution in [0.1, 0.15) is 10.4 Å². The minimum atomic E-state index is -1.04. The first-order valence-electron chi connectivity index (χ1n) is 6.11. The first-order chi connectivity index (χ1) is 9.66. The first kappa shape index (κ1) is 13.0. The average Bonchev–Trinajstić information content (AvgIpc) is 2.93. The number of thiazole rings is 1. The smallest absolute Gasteiger partial charge is 0.328 e. The van der Waals surface area contributed by atoms with Gasteiger partial charge in [0.2, 0.25) is 0 Å². The number of ether oxygens (including phenoxy) is 1. The van der Waals surface area contributed by atoms with Crippen molar-refractivity contribution in [3.63, 3.8) is 0 Å². The number of aromatic nitrogens is 1. The summed E-state index contributed by atoms with van der Waals surface area (Å²) in [6, 6.07) is 4.28. The summed E-state index contributed by atoms with van der Waals surface area (Å²) < 4.78 is 6.05. The number of carboxylic acids is 1. The second kappa shape index (κ2) is 5.18. The maximum atomic E-state index is 12.5. The van der Waals surface area contributed by atoms with Gasteiger partial charge in [-0.1, -0.05) is 0 Å². The number of morpholine rings is 1. The number of aliphatic carboxylic acids is 1. The summed E-state index contributed by atoms with van der Waals surface area (Å²) in [5.74, 6) is -1.33. The zero-order valence-corrected chi connectivity index (χ0v) is 11.3. The van der Waals surface area contributed by atoms with Gasteiger partial charge in [0.1, 0.15) is 0 Å². The van der Waals surface area contributed by atoms with Gasteiger partial charge in [-0.25, -0.2) is 9.78 Å². The van der Waals surface area contributed by atoms with Crippen LogP contribution in [-0.2, 0) is 9.53 Å². The second-order valence-electron chi connectivity index (χ2n) is 4.46. The largest absolute Gasteiger partial charge is 0.480 e. The molecule has 3 rings (SSSR count). The number of hydrogen-bond donors (Lipinski definition) is 1. The Morgan fingerprint density at radius 3 is 3.10 bits per heavy atom. The molecule has 1 atom stereocenters. The van der Waals surface area contributed by atoms with Crippen LogP contribution < -0.4 is 0 Å². The molecule has 1 aromatic heterocycles. The van der Waals surface area contributed by atoms with Crippen molar-refractivity contribution < 1.29 is 19.4 Å². The number of rotatable bonds is 2. The molecular weight excluding hydrogens is 280 g/mol. The van der Waals surface area contributed by atoms with Gasteiger partial charge in [0.15, 0.2) is 6.04 Å². The van der Waals surface area contributed by atoms with E-state index in [-0.39, 0.29) is 19.1 Å². The zero-order valence-electron chi connectivity index (χ0n) is 10.5. The van der Waals surface area contributed by atoms with Gasteiger partial charge >= 0.3 is 5.97 Å². The van der Waals surface area contributed by atoms with Crippen molar-refractivity contribution in [2.75, 3.05) is 19.8 Å². The van der Waals surface area contributed by atoms with Gasteiger partial charge in [-0.05, 0) is 18.2 Å². The molecule has 2 heterocycles. The highest BCUT2D eigenvalue weighted by Crippen LogP contribution is 2.21. The van der Waals surface area contributed by atoms with Crippen molar-refractivity contribution in [1.82, 2.24) is 9.88 Å². The summed E-state index contributed by atoms with van der Waals surface area (Å²) in [7, 11) is 0. The Labute approximate surface area is 118 Å². The van der Waals surface area contributed by atoms with Gasteiger partial charge in [-0.15, -0.1) is 11.3 Å². The predicted octanol–water partition coefficient (Wildman–Crippen LogP) is 1.22. The van der Waals surface area contributed by atoms with Crippen LogP contribution in [0.4, 0.5) is 0 Å². The number of benzene rings is 1. The SMILES string of the molecule is O=C(O)C1COCCN1C(=O)c1ccc2ncsc2c1. The van der Waals surface area contributed by atoms with Gasteiger partial charge in [0, 0.05) is 12.1 Å². The molecule has 0 spiro atoms. The van der Waals surface area contributed by atoms with E-state index in [9.17, 15) is 9.59 Å². The van der Waals surface area contributed by atoms with Crippen LogP contribution in [-0.4, -0.2) is 52.7 Å². The molecule has 104 valence electrons. The average molecular weight is 292 g/mol. The van der Waals surface area contributed by atoms with Crippen LogP contribution >= 0.6 is 11.3 Å². The lowest BCUT2D eigenvalue weighted by Gasteiger charge is -2.32. The van der Waals surface area contributed by atoms with E-state index in [0.717, 1.165) is 10.2 Å². The number of nitrogens with zero attached hydrogens (tertiary/aromatic N) is 2. The van der Waals surface area contributed by atoms with Gasteiger partial charge in [-0.2, -0.15) is 0 Å². The molecule has 1 saturated heterocycles. The molecule has 0 aliphatic carbocycles. The Hall–Kier alpha value is -1.99. The van der Waals surface area contributed by atoms with Crippen molar-refractivity contribution in [2.24, 2.45) is 0 Å². The zero-order chi connectivity index (χ0) is 14.1. The van der Waals surface area contributed by atoms with Gasteiger partial charge in [-0.3, -0.25) is 4.79 Å². The van der Waals surface area contributed by atoms with Gasteiger partial charge in [0.25, 0.3) is 5.91 Å². The van der Waals surface area contributed by atoms with E-state index in [4.69, 9.17) is 9.84 Å². The topological polar surface area (TPSA) is 79.7 Å². The molecular formula is C13H12N2O4S. The number of hydrogen-bond acceptors (Lipinski definition) is 5. The number of carbonyl (C=O) groups excluding carboxylic acids is 1. The van der Waals surface area contributed by atoms with Crippen molar-refractivity contribution >= 4 is 33.4 Å². The molecule has 1 aliphatic heterocycles. The van der Waals surface area contributed by atoms with Crippen molar-refractivity contribution in [1.29, 1.82) is 0 Å². The van der Waals surface area contributed by atoms with Crippen LogP contribution in [0.25, 0.3) is 10.2 Å². The number of carboxylic acid groups (broad SMARTS) is 1. The highest BCUT2D eigenvalue weighted by atomic mass is 32.1. The van der Waals surface area contributed by atoms with Gasteiger partial charge in [0.05, 0.1) is 28.9 Å². The van der Waals surface area contributed by atoms with Crippen molar-refractivity contribution in [3.05, 3.63) is 29.3 Å². The highest BCUT2D eigenvalue weighted by molar-refractivity contribution is 7.16. The van der Waals surface area contributed by atoms with E-state index in [1.54, 1.807) is 23.7 Å². The maximum Gasteiger partial charge on any atom is 0.328 e. The lowest BCUT2D eigenvalue weighted by Crippen LogP contribution is -2.52. The van der Waals surface area contributed by atoms with Crippen molar-refractivity contribution in [2.45, 2.75) is 6.04 Å². The van der Waals surface area contributed by atoms with Crippen LogP contribution in [0.5, 0.6) is 0 Å². The molecule has 20 heavy (non-hydrogen) atoms. The predicted molar refractivity (Wildman–Crippen MR) is 72.9 cm³/mol. The second-order valence-corrected chi connectivity index (χ2v) is 5.35. The Morgan fingerprint density at radius 2 is 2.30 bits per heavy atom. The van der Waals surface area contributed by atoms with Crippen LogP contribution in [0.3, 0.4) is 0 Å². The van der Waals surface area contributed by atoms with E-state index < -0.39 is 12.0 Å². The fourth-order valence-electron chi connectivity index (χ4n) is 2.21. The molecule has 1 unspecified atom stereocenters. The van der Waals surface area contributed by atoms with E-state index in [2.05, 4.69) is 4.98 Å². The summed E-state index contributed by atoms with van der Waals surface area (Å²) in [6.07, 6.45) is 0. The van der Waals surface area contributed by atoms with E-state index in [0.29, 0.717) is 12.2 Å². The fourth-order valence-corrected chi connectivity index (χ4v) is 2.92. The molecule has 1 aliphatic rings. The van der Waals surface area contributed by atoms with Gasteiger partial charge < -0.3 is 14.7 Å². The third kappa shape index (κ3) is 2.25. The fraction of sp³-hybridized carbons (Fsp3) is 0.308. The van der Waals surface area contributed by atoms with Crippen molar-refractivity contribution in [3.8, 4) is 0 Å². The molecule has 0 radical (unpaired) electrons. The third-order valence-electron chi connectivity index (χ3n) is 3.25. The number of carbonyl (C=O) groups is 2. The standard InChI is InChI=1S/C13H12N2O4S/c16-12(15-3-4-19-6-10(15)13(17)18)8-1-2-9-11(5-8)20-7-14-9/h1-2,5,7,10H,3-4,6H2,(H,17,18). The minimum Gasteiger partial charge on any atom is -0.480 e. The van der Waals surface area contributed by atoms with E-state index in [1.807, 2.05) is 0 Å². The molecule has 1 fully saturated rings. The van der Waals surface area contributed by atoms with Crippen LogP contribution in [0, 0.1) is 0 Å². The Balaban J connectivity index is 1.91. The molecule has 2 aromatic rings. The summed E-state index contributed by atoms with van der Waals surface area (Å²) in [4.78, 5) is 29.2. The molecule has 1 aromatic carbocycles. The van der Waals surface area contributed by atoms with E-state index >= 15 is 0 Å². The Bertz CT molecular complexity index is 669. The molecule has 7 heteroatoms. The molecule has 6 nitrogen and oxygen atoms in total. The Morgan fingerprint density at radius 1 is 1.45 bits per heavy atom. The summed E-state index contributed by atoms with van der Waals surface area (Å²) >= 11 is 1.45. The van der Waals surface area contributed by atoms with E-state index in [1.165, 1.54) is 16.2 Å². The lowest BCUT2D eigenvalue weighted by molar-refractivity contribution is -0.147. The molecule has 0 saturated carbocycles. The highest BCUT2D eigenvalue weighted by Gasteiger charge is 2.33. The quantitative estimate of drug-likeness (QED) is 0.900.